The molecule has 67 heavy (non-hydrogen) atoms. The van der Waals surface area contributed by atoms with Crippen LogP contribution in [0.5, 0.6) is 0 Å². The smallest absolute Gasteiger partial charge is 0.0618 e. The predicted octanol–water partition coefficient (Wildman–Crippen LogP) is 17.1. The molecule has 0 spiro atoms. The minimum atomic E-state index is 0.164. The fourth-order valence-electron chi connectivity index (χ4n) is 11.9. The minimum Gasteiger partial charge on any atom is -0.310 e. The number of aromatic nitrogens is 1. The van der Waals surface area contributed by atoms with Crippen LogP contribution in [0.4, 0.5) is 11.4 Å². The third-order valence-electron chi connectivity index (χ3n) is 14.8. The van der Waals surface area contributed by atoms with E-state index >= 15 is 0 Å². The molecule has 2 heteroatoms. The number of nitrogens with zero attached hydrogens (tertiary/aromatic N) is 2. The molecule has 0 saturated heterocycles. The van der Waals surface area contributed by atoms with Crippen molar-refractivity contribution in [2.75, 3.05) is 4.90 Å². The van der Waals surface area contributed by atoms with Crippen molar-refractivity contribution in [3.8, 4) is 5.69 Å². The molecule has 0 saturated carbocycles. The minimum absolute atomic E-state index is 0.164. The van der Waals surface area contributed by atoms with Crippen LogP contribution >= 0.6 is 0 Å². The number of allylic oxidation sites excluding steroid dienone is 12. The van der Waals surface area contributed by atoms with E-state index in [1.54, 1.807) is 0 Å². The lowest BCUT2D eigenvalue weighted by Crippen LogP contribution is -2.25. The summed E-state index contributed by atoms with van der Waals surface area (Å²) in [5.74, 6) is 0.695. The molecule has 0 amide bonds. The van der Waals surface area contributed by atoms with E-state index in [1.807, 2.05) is 0 Å². The van der Waals surface area contributed by atoms with Crippen molar-refractivity contribution in [2.24, 2.45) is 5.92 Å². The summed E-state index contributed by atoms with van der Waals surface area (Å²) in [6, 6.07) is 63.7. The highest BCUT2D eigenvalue weighted by atomic mass is 15.2. The Bertz CT molecular complexity index is 3580. The van der Waals surface area contributed by atoms with Gasteiger partial charge in [0.15, 0.2) is 0 Å². The molecule has 2 nitrogen and oxygen atoms in total. The molecule has 9 aromatic rings. The highest BCUT2D eigenvalue weighted by Gasteiger charge is 2.38. The summed E-state index contributed by atoms with van der Waals surface area (Å²) in [7, 11) is 0. The Labute approximate surface area is 392 Å². The summed E-state index contributed by atoms with van der Waals surface area (Å²) in [6.45, 7) is 2.26. The molecule has 0 bridgehead atoms. The summed E-state index contributed by atoms with van der Waals surface area (Å²) >= 11 is 0. The second-order valence-electron chi connectivity index (χ2n) is 18.6. The highest BCUT2D eigenvalue weighted by Crippen LogP contribution is 2.55. The third kappa shape index (κ3) is 6.38. The van der Waals surface area contributed by atoms with Gasteiger partial charge in [0, 0.05) is 56.4 Å². The van der Waals surface area contributed by atoms with Crippen LogP contribution in [0.2, 0.25) is 0 Å². The van der Waals surface area contributed by atoms with Crippen LogP contribution in [-0.2, 0) is 0 Å². The lowest BCUT2D eigenvalue weighted by Gasteiger charge is -2.39. The normalized spacial score (nSPS) is 18.7. The number of hydrogen-bond donors (Lipinski definition) is 0. The maximum atomic E-state index is 2.53. The number of para-hydroxylation sites is 2. The van der Waals surface area contributed by atoms with E-state index in [4.69, 9.17) is 0 Å². The molecule has 3 unspecified atom stereocenters. The van der Waals surface area contributed by atoms with E-state index in [0.29, 0.717) is 5.92 Å². The Balaban J connectivity index is 1.04. The van der Waals surface area contributed by atoms with Gasteiger partial charge in [-0.05, 0) is 118 Å². The fourth-order valence-corrected chi connectivity index (χ4v) is 11.9. The molecular weight excluding hydrogens is 809 g/mol. The van der Waals surface area contributed by atoms with Crippen LogP contribution in [0.3, 0.4) is 0 Å². The Hall–Kier alpha value is -7.94. The summed E-state index contributed by atoms with van der Waals surface area (Å²) in [6.07, 6.45) is 26.6. The van der Waals surface area contributed by atoms with E-state index in [0.717, 1.165) is 30.6 Å². The monoisotopic (exact) mass is 858 g/mol. The predicted molar refractivity (Wildman–Crippen MR) is 284 cm³/mol. The van der Waals surface area contributed by atoms with Crippen LogP contribution in [-0.4, -0.2) is 4.57 Å². The van der Waals surface area contributed by atoms with Gasteiger partial charge in [-0.15, -0.1) is 0 Å². The number of benzene rings is 8. The molecule has 4 aliphatic rings. The topological polar surface area (TPSA) is 8.17 Å². The van der Waals surface area contributed by atoms with Crippen LogP contribution in [0, 0.1) is 5.92 Å². The van der Waals surface area contributed by atoms with Gasteiger partial charge in [-0.3, -0.25) is 0 Å². The number of rotatable bonds is 7. The first-order chi connectivity index (χ1) is 33.2. The largest absolute Gasteiger partial charge is 0.310 e. The van der Waals surface area contributed by atoms with Gasteiger partial charge in [0.1, 0.15) is 0 Å². The molecule has 0 radical (unpaired) electrons. The van der Waals surface area contributed by atoms with E-state index in [-0.39, 0.29) is 11.8 Å². The Morgan fingerprint density at radius 3 is 1.79 bits per heavy atom. The first-order valence-corrected chi connectivity index (χ1v) is 24.0. The Kier molecular flexibility index (Phi) is 9.53. The number of hydrogen-bond acceptors (Lipinski definition) is 1. The van der Waals surface area contributed by atoms with Gasteiger partial charge in [0.25, 0.3) is 0 Å². The fraction of sp³-hybridized carbons (Fsp3) is 0.108. The number of anilines is 2. The van der Waals surface area contributed by atoms with Crippen molar-refractivity contribution in [3.05, 3.63) is 275 Å². The molecule has 0 N–H and O–H groups in total. The standard InChI is InChI=1S/C65H50N2/c1-43-36-41-56-59(42-43)64(53-29-11-10-28-52(53)62(56)51-27-9-8-24-48(51)44-20-4-2-5-21-44)63-54-30-12-14-32-57(54)65(58-33-15-13-31-55(58)63)66(45-22-6-3-7-23-45)46-37-39-47(40-38-46)67-60-34-18-16-25-49(60)50-26-17-19-35-61(50)67/h2,4-6,8-20,22-42,44,56,62H,3,7,21H2,1H3. The first-order valence-electron chi connectivity index (χ1n) is 24.0. The molecule has 0 aliphatic heterocycles. The van der Waals surface area contributed by atoms with Gasteiger partial charge >= 0.3 is 0 Å². The zero-order valence-electron chi connectivity index (χ0n) is 37.7. The summed E-state index contributed by atoms with van der Waals surface area (Å²) in [5.41, 5.74) is 18.0. The molecule has 1 aromatic heterocycles. The van der Waals surface area contributed by atoms with Crippen molar-refractivity contribution in [1.29, 1.82) is 0 Å². The zero-order chi connectivity index (χ0) is 44.4. The van der Waals surface area contributed by atoms with E-state index < -0.39 is 0 Å². The Morgan fingerprint density at radius 1 is 0.522 bits per heavy atom. The van der Waals surface area contributed by atoms with Crippen molar-refractivity contribution in [3.63, 3.8) is 0 Å². The summed E-state index contributed by atoms with van der Waals surface area (Å²) in [5, 5.41) is 7.54. The van der Waals surface area contributed by atoms with Gasteiger partial charge < -0.3 is 9.47 Å². The van der Waals surface area contributed by atoms with Crippen molar-refractivity contribution in [2.45, 2.75) is 38.0 Å². The van der Waals surface area contributed by atoms with Gasteiger partial charge in [-0.25, -0.2) is 0 Å². The quantitative estimate of drug-likeness (QED) is 0.145. The maximum Gasteiger partial charge on any atom is 0.0618 e. The van der Waals surface area contributed by atoms with Crippen LogP contribution in [0.1, 0.15) is 65.8 Å². The van der Waals surface area contributed by atoms with Crippen LogP contribution < -0.4 is 4.90 Å². The molecule has 0 fully saturated rings. The number of fused-ring (bicyclic) bond motifs is 7. The van der Waals surface area contributed by atoms with E-state index in [9.17, 15) is 0 Å². The molecular formula is C65H50N2. The summed E-state index contributed by atoms with van der Waals surface area (Å²) in [4.78, 5) is 2.53. The van der Waals surface area contributed by atoms with Crippen molar-refractivity contribution < 1.29 is 0 Å². The van der Waals surface area contributed by atoms with E-state index in [1.165, 1.54) is 99.3 Å². The lowest BCUT2D eigenvalue weighted by atomic mass is 9.64. The second-order valence-corrected chi connectivity index (χ2v) is 18.6. The zero-order valence-corrected chi connectivity index (χ0v) is 37.7. The highest BCUT2D eigenvalue weighted by molar-refractivity contribution is 6.21. The van der Waals surface area contributed by atoms with Gasteiger partial charge in [-0.1, -0.05) is 194 Å². The molecule has 8 aromatic carbocycles. The molecule has 1 heterocycles. The third-order valence-corrected chi connectivity index (χ3v) is 14.8. The van der Waals surface area contributed by atoms with Crippen LogP contribution in [0.25, 0.3) is 54.6 Å². The molecule has 3 atom stereocenters. The maximum absolute atomic E-state index is 2.53. The first kappa shape index (κ1) is 39.4. The van der Waals surface area contributed by atoms with E-state index in [2.05, 4.69) is 247 Å². The van der Waals surface area contributed by atoms with Gasteiger partial charge in [0.2, 0.25) is 0 Å². The average Bonchev–Trinajstić information content (AvgIpc) is 3.73. The van der Waals surface area contributed by atoms with Crippen LogP contribution in [0.15, 0.2) is 247 Å². The van der Waals surface area contributed by atoms with Gasteiger partial charge in [0.05, 0.1) is 16.7 Å². The van der Waals surface area contributed by atoms with Gasteiger partial charge in [-0.2, -0.15) is 0 Å². The molecule has 4 aliphatic carbocycles. The second kappa shape index (κ2) is 16.2. The average molecular weight is 859 g/mol. The summed E-state index contributed by atoms with van der Waals surface area (Å²) < 4.78 is 2.41. The SMILES string of the molecule is CC1=CC2=C(c3c4ccccc4c(N(C4=CCCC=C4)c4ccc(-n5c6ccccc6c6ccccc65)cc4)c4ccccc34)c3ccccc3C(c3ccccc3C3C=CC=CC3)C2C=C1. The lowest BCUT2D eigenvalue weighted by molar-refractivity contribution is 0.635. The molecule has 13 rings (SSSR count). The van der Waals surface area contributed by atoms with Crippen molar-refractivity contribution in [1.82, 2.24) is 4.57 Å². The molecule has 320 valence electrons. The van der Waals surface area contributed by atoms with Crippen molar-refractivity contribution >= 4 is 60.3 Å². The Morgan fingerprint density at radius 2 is 1.13 bits per heavy atom.